The molecule has 0 aliphatic heterocycles. The van der Waals surface area contributed by atoms with Crippen molar-refractivity contribution in [1.82, 2.24) is 0 Å². The molecule has 0 spiro atoms. The summed E-state index contributed by atoms with van der Waals surface area (Å²) >= 11 is 0. The lowest BCUT2D eigenvalue weighted by molar-refractivity contribution is 0.707. The van der Waals surface area contributed by atoms with E-state index in [0.29, 0.717) is 10.6 Å². The number of rotatable bonds is 1. The van der Waals surface area contributed by atoms with Crippen LogP contribution >= 0.6 is 0 Å². The van der Waals surface area contributed by atoms with Gasteiger partial charge in [0, 0.05) is 5.54 Å². The first-order valence-corrected chi connectivity index (χ1v) is 7.27. The van der Waals surface area contributed by atoms with Gasteiger partial charge in [-0.25, -0.2) is 0 Å². The predicted octanol–water partition coefficient (Wildman–Crippen LogP) is 3.52. The molecule has 0 heterocycles. The van der Waals surface area contributed by atoms with Crippen LogP contribution in [0.5, 0.6) is 0 Å². The summed E-state index contributed by atoms with van der Waals surface area (Å²) in [5.41, 5.74) is 0.475. The van der Waals surface area contributed by atoms with Gasteiger partial charge in [0.25, 0.3) is 0 Å². The molecular formula is C10H20Si. The summed E-state index contributed by atoms with van der Waals surface area (Å²) in [6.07, 6.45) is 5.44. The molecule has 1 unspecified atom stereocenters. The molecule has 0 radical (unpaired) electrons. The summed E-state index contributed by atoms with van der Waals surface area (Å²) in [5.74, 6) is 2.87. The van der Waals surface area contributed by atoms with Gasteiger partial charge in [0.1, 0.15) is 0 Å². The van der Waals surface area contributed by atoms with E-state index in [4.69, 9.17) is 6.42 Å². The van der Waals surface area contributed by atoms with Crippen LogP contribution in [-0.4, -0.2) is 8.07 Å². The van der Waals surface area contributed by atoms with Gasteiger partial charge in [-0.05, 0) is 5.04 Å². The molecule has 0 aromatic heterocycles. The maximum absolute atomic E-state index is 5.44. The third-order valence-corrected chi connectivity index (χ3v) is 9.46. The van der Waals surface area contributed by atoms with Gasteiger partial charge in [0.2, 0.25) is 0 Å². The van der Waals surface area contributed by atoms with Crippen LogP contribution in [0.25, 0.3) is 0 Å². The Morgan fingerprint density at radius 1 is 1.27 bits per heavy atom. The van der Waals surface area contributed by atoms with Crippen molar-refractivity contribution >= 4 is 8.07 Å². The molecule has 0 saturated heterocycles. The van der Waals surface area contributed by atoms with Crippen molar-refractivity contribution in [3.63, 3.8) is 0 Å². The van der Waals surface area contributed by atoms with Crippen LogP contribution in [0.15, 0.2) is 0 Å². The van der Waals surface area contributed by atoms with Crippen molar-refractivity contribution in [2.45, 2.75) is 51.4 Å². The fraction of sp³-hybridized carbons (Fsp3) is 0.800. The van der Waals surface area contributed by atoms with E-state index in [1.165, 1.54) is 0 Å². The van der Waals surface area contributed by atoms with E-state index >= 15 is 0 Å². The Labute approximate surface area is 72.4 Å². The molecular weight excluding hydrogens is 148 g/mol. The van der Waals surface area contributed by atoms with E-state index < -0.39 is 8.07 Å². The Bertz CT molecular complexity index is 166. The van der Waals surface area contributed by atoms with Crippen LogP contribution in [-0.2, 0) is 0 Å². The summed E-state index contributed by atoms with van der Waals surface area (Å²) in [7, 11) is -1.24. The molecule has 0 amide bonds. The Morgan fingerprint density at radius 2 is 1.64 bits per heavy atom. The summed E-state index contributed by atoms with van der Waals surface area (Å²) < 4.78 is 0. The van der Waals surface area contributed by atoms with E-state index in [2.05, 4.69) is 46.7 Å². The molecule has 0 N–H and O–H groups in total. The lowest BCUT2D eigenvalue weighted by Gasteiger charge is -2.39. The Kier molecular flexibility index (Phi) is 2.96. The van der Waals surface area contributed by atoms with Gasteiger partial charge in [-0.2, -0.15) is 0 Å². The zero-order chi connectivity index (χ0) is 9.28. The predicted molar refractivity (Wildman–Crippen MR) is 55.5 cm³/mol. The minimum absolute atomic E-state index is 0.415. The lowest BCUT2D eigenvalue weighted by Crippen LogP contribution is -2.40. The van der Waals surface area contributed by atoms with Crippen molar-refractivity contribution < 1.29 is 0 Å². The Hall–Kier alpha value is -0.223. The lowest BCUT2D eigenvalue weighted by atomic mass is 10.2. The van der Waals surface area contributed by atoms with Crippen molar-refractivity contribution in [3.05, 3.63) is 0 Å². The van der Waals surface area contributed by atoms with Crippen LogP contribution < -0.4 is 0 Å². The minimum Gasteiger partial charge on any atom is -0.120 e. The van der Waals surface area contributed by atoms with Crippen LogP contribution in [0.3, 0.4) is 0 Å². The van der Waals surface area contributed by atoms with Crippen molar-refractivity contribution in [2.75, 3.05) is 0 Å². The maximum atomic E-state index is 5.44. The molecule has 11 heavy (non-hydrogen) atoms. The van der Waals surface area contributed by atoms with Crippen molar-refractivity contribution in [1.29, 1.82) is 0 Å². The average Bonchev–Trinajstić information content (AvgIpc) is 1.83. The second-order valence-electron chi connectivity index (χ2n) is 4.86. The zero-order valence-corrected chi connectivity index (χ0v) is 9.65. The molecule has 64 valence electrons. The molecule has 0 fully saturated rings. The Morgan fingerprint density at radius 3 is 1.73 bits per heavy atom. The van der Waals surface area contributed by atoms with Gasteiger partial charge in [0.05, 0.1) is 8.07 Å². The highest BCUT2D eigenvalue weighted by Gasteiger charge is 2.38. The molecule has 0 aromatic rings. The van der Waals surface area contributed by atoms with Gasteiger partial charge in [-0.3, -0.25) is 0 Å². The standard InChI is InChI=1S/C10H20Si/c1-8-9(2)11(6,7)10(3,4)5/h1,9H,2-7H3. The van der Waals surface area contributed by atoms with Gasteiger partial charge >= 0.3 is 0 Å². The van der Waals surface area contributed by atoms with Gasteiger partial charge in [-0.1, -0.05) is 40.8 Å². The van der Waals surface area contributed by atoms with Gasteiger partial charge < -0.3 is 0 Å². The van der Waals surface area contributed by atoms with Crippen LogP contribution in [0.4, 0.5) is 0 Å². The first-order chi connectivity index (χ1) is 4.73. The molecule has 0 rings (SSSR count). The highest BCUT2D eigenvalue weighted by Crippen LogP contribution is 2.42. The zero-order valence-electron chi connectivity index (χ0n) is 8.65. The van der Waals surface area contributed by atoms with E-state index in [1.54, 1.807) is 0 Å². The van der Waals surface area contributed by atoms with E-state index in [9.17, 15) is 0 Å². The van der Waals surface area contributed by atoms with Crippen molar-refractivity contribution in [2.24, 2.45) is 0 Å². The second-order valence-corrected chi connectivity index (χ2v) is 10.7. The molecule has 0 nitrogen and oxygen atoms in total. The van der Waals surface area contributed by atoms with Gasteiger partial charge in [0.15, 0.2) is 0 Å². The molecule has 1 heteroatoms. The van der Waals surface area contributed by atoms with Crippen molar-refractivity contribution in [3.8, 4) is 12.3 Å². The maximum Gasteiger partial charge on any atom is 0.0692 e. The van der Waals surface area contributed by atoms with Crippen LogP contribution in [0, 0.1) is 12.3 Å². The molecule has 0 aromatic carbocycles. The SMILES string of the molecule is C#CC(C)[Si](C)(C)C(C)(C)C. The highest BCUT2D eigenvalue weighted by molar-refractivity contribution is 6.82. The normalized spacial score (nSPS) is 15.7. The highest BCUT2D eigenvalue weighted by atomic mass is 28.3. The van der Waals surface area contributed by atoms with E-state index in [1.807, 2.05) is 0 Å². The molecule has 0 aliphatic rings. The Balaban J connectivity index is 4.62. The largest absolute Gasteiger partial charge is 0.120 e. The summed E-state index contributed by atoms with van der Waals surface area (Å²) in [4.78, 5) is 0. The first-order valence-electron chi connectivity index (χ1n) is 4.19. The summed E-state index contributed by atoms with van der Waals surface area (Å²) in [6, 6.07) is 0. The van der Waals surface area contributed by atoms with Crippen LogP contribution in [0.2, 0.25) is 23.7 Å². The van der Waals surface area contributed by atoms with E-state index in [-0.39, 0.29) is 0 Å². The number of terminal acetylenes is 1. The van der Waals surface area contributed by atoms with E-state index in [0.717, 1.165) is 0 Å². The third-order valence-electron chi connectivity index (χ3n) is 3.27. The van der Waals surface area contributed by atoms with Gasteiger partial charge in [-0.15, -0.1) is 12.3 Å². The number of hydrogen-bond donors (Lipinski definition) is 0. The molecule has 0 bridgehead atoms. The van der Waals surface area contributed by atoms with Crippen LogP contribution in [0.1, 0.15) is 27.7 Å². The fourth-order valence-electron chi connectivity index (χ4n) is 0.858. The fourth-order valence-corrected chi connectivity index (χ4v) is 2.57. The smallest absolute Gasteiger partial charge is 0.0692 e. The first kappa shape index (κ1) is 10.8. The molecule has 0 aliphatic carbocycles. The quantitative estimate of drug-likeness (QED) is 0.415. The average molecular weight is 168 g/mol. The summed E-state index contributed by atoms with van der Waals surface area (Å²) in [6.45, 7) is 13.8. The topological polar surface area (TPSA) is 0 Å². The molecule has 0 saturated carbocycles. The second kappa shape index (κ2) is 3.03. The third kappa shape index (κ3) is 2.10. The monoisotopic (exact) mass is 168 g/mol. The number of hydrogen-bond acceptors (Lipinski definition) is 0. The molecule has 1 atom stereocenters. The summed E-state index contributed by atoms with van der Waals surface area (Å²) in [5, 5.41) is 0.415. The minimum atomic E-state index is -1.24.